The van der Waals surface area contributed by atoms with Crippen LogP contribution in [0, 0.1) is 5.92 Å². The van der Waals surface area contributed by atoms with Gasteiger partial charge in [0.1, 0.15) is 0 Å². The minimum Gasteiger partial charge on any atom is -0.394 e. The zero-order valence-corrected chi connectivity index (χ0v) is 22.2. The number of hydrogen-bond acceptors (Lipinski definition) is 6. The highest BCUT2D eigenvalue weighted by Crippen LogP contribution is 2.38. The van der Waals surface area contributed by atoms with Crippen LogP contribution in [-0.4, -0.2) is 43.9 Å². The molecule has 1 unspecified atom stereocenters. The number of nitrogens with zero attached hydrogens (tertiary/aromatic N) is 4. The van der Waals surface area contributed by atoms with E-state index in [0.717, 1.165) is 32.9 Å². The second kappa shape index (κ2) is 10.3. The number of aliphatic hydroxyl groups excluding tert-OH is 1. The number of aliphatic hydroxyl groups is 1. The third-order valence-electron chi connectivity index (χ3n) is 7.54. The van der Waals surface area contributed by atoms with Crippen molar-refractivity contribution in [2.24, 2.45) is 5.92 Å². The number of benzene rings is 2. The van der Waals surface area contributed by atoms with Gasteiger partial charge in [-0.2, -0.15) is 0 Å². The molecule has 0 radical (unpaired) electrons. The van der Waals surface area contributed by atoms with Crippen molar-refractivity contribution in [3.8, 4) is 22.5 Å². The molecule has 37 heavy (non-hydrogen) atoms. The molecule has 196 valence electrons. The van der Waals surface area contributed by atoms with Crippen molar-refractivity contribution in [2.45, 2.75) is 63.7 Å². The van der Waals surface area contributed by atoms with E-state index in [1.807, 2.05) is 48.8 Å². The van der Waals surface area contributed by atoms with Crippen LogP contribution in [0.15, 0.2) is 54.9 Å². The maximum absolute atomic E-state index is 13.1. The number of rotatable bonds is 8. The Balaban J connectivity index is 1.68. The molecule has 1 aliphatic rings. The lowest BCUT2D eigenvalue weighted by Gasteiger charge is -2.27. The lowest BCUT2D eigenvalue weighted by Crippen LogP contribution is -2.23. The summed E-state index contributed by atoms with van der Waals surface area (Å²) < 4.78 is 29.5. The van der Waals surface area contributed by atoms with Gasteiger partial charge in [-0.05, 0) is 38.3 Å². The van der Waals surface area contributed by atoms with Crippen molar-refractivity contribution in [2.75, 3.05) is 12.3 Å². The highest BCUT2D eigenvalue weighted by molar-refractivity contribution is 7.90. The van der Waals surface area contributed by atoms with Gasteiger partial charge < -0.3 is 15.4 Å². The summed E-state index contributed by atoms with van der Waals surface area (Å²) in [4.78, 5) is 9.11. The summed E-state index contributed by atoms with van der Waals surface area (Å²) in [6.45, 7) is 3.26. The molecular formula is C28H35N5O3S. The zero-order chi connectivity index (χ0) is 26.2. The minimum atomic E-state index is -3.72. The molecule has 5 rings (SSSR count). The molecule has 9 heteroatoms. The third-order valence-corrected chi connectivity index (χ3v) is 9.62. The Hall–Kier alpha value is -3.17. The van der Waals surface area contributed by atoms with Crippen LogP contribution in [0.3, 0.4) is 0 Å². The monoisotopic (exact) mass is 521 g/mol. The fourth-order valence-corrected chi connectivity index (χ4v) is 6.66. The first-order valence-electron chi connectivity index (χ1n) is 13.1. The Morgan fingerprint density at radius 1 is 1.05 bits per heavy atom. The molecular weight excluding hydrogens is 486 g/mol. The zero-order valence-electron chi connectivity index (χ0n) is 21.4. The molecule has 1 atom stereocenters. The third kappa shape index (κ3) is 4.78. The van der Waals surface area contributed by atoms with E-state index in [1.165, 1.54) is 32.1 Å². The summed E-state index contributed by atoms with van der Waals surface area (Å²) in [6, 6.07) is 15.3. The molecule has 1 aliphatic carbocycles. The first-order valence-corrected chi connectivity index (χ1v) is 14.6. The van der Waals surface area contributed by atoms with Crippen LogP contribution < -0.4 is 5.73 Å². The van der Waals surface area contributed by atoms with E-state index in [9.17, 15) is 13.5 Å². The average molecular weight is 522 g/mol. The standard InChI is InChI=1S/C28H35N5O3S/c1-19(2)37(35,36)33-25-16-22(13-14-24(25)31-28(33)29)27-26(21-11-7-4-8-12-21)30-18-32(27)23(17-34)15-20-9-5-3-6-10-20/h4,7-8,11-14,16,18-20,23,34H,3,5-6,9-10,15,17H2,1-2H3,(H2,29,31). The second-order valence-corrected chi connectivity index (χ2v) is 12.7. The lowest BCUT2D eigenvalue weighted by molar-refractivity contribution is 0.189. The molecule has 1 saturated carbocycles. The molecule has 3 N–H and O–H groups in total. The Labute approximate surface area is 218 Å². The number of fused-ring (bicyclic) bond motifs is 1. The largest absolute Gasteiger partial charge is 0.394 e. The van der Waals surface area contributed by atoms with Crippen LogP contribution >= 0.6 is 0 Å². The molecule has 0 bridgehead atoms. The fourth-order valence-electron chi connectivity index (χ4n) is 5.51. The highest BCUT2D eigenvalue weighted by Gasteiger charge is 2.27. The molecule has 2 heterocycles. The van der Waals surface area contributed by atoms with Gasteiger partial charge in [0.25, 0.3) is 0 Å². The number of imidazole rings is 2. The van der Waals surface area contributed by atoms with Crippen molar-refractivity contribution in [3.05, 3.63) is 54.9 Å². The molecule has 0 saturated heterocycles. The van der Waals surface area contributed by atoms with E-state index in [0.29, 0.717) is 17.0 Å². The molecule has 0 spiro atoms. The molecule has 2 aromatic heterocycles. The predicted molar refractivity (Wildman–Crippen MR) is 148 cm³/mol. The fraction of sp³-hybridized carbons (Fsp3) is 0.429. The van der Waals surface area contributed by atoms with Gasteiger partial charge in [-0.15, -0.1) is 0 Å². The predicted octanol–water partition coefficient (Wildman–Crippen LogP) is 5.24. The topological polar surface area (TPSA) is 116 Å². The maximum Gasteiger partial charge on any atom is 0.244 e. The highest BCUT2D eigenvalue weighted by atomic mass is 32.2. The first kappa shape index (κ1) is 25.5. The number of aromatic nitrogens is 4. The normalized spacial score (nSPS) is 16.0. The van der Waals surface area contributed by atoms with E-state index in [-0.39, 0.29) is 18.6 Å². The molecule has 1 fully saturated rings. The SMILES string of the molecule is CC(C)S(=O)(=O)n1c(N)nc2ccc(-c3c(-c4ccccc4)ncn3C(CO)CC3CCCCC3)cc21. The van der Waals surface area contributed by atoms with Crippen molar-refractivity contribution in [1.29, 1.82) is 0 Å². The molecule has 8 nitrogen and oxygen atoms in total. The Kier molecular flexibility index (Phi) is 7.09. The number of nitrogen functional groups attached to an aromatic ring is 1. The lowest BCUT2D eigenvalue weighted by atomic mass is 9.85. The van der Waals surface area contributed by atoms with Gasteiger partial charge in [0, 0.05) is 11.1 Å². The Morgan fingerprint density at radius 3 is 2.46 bits per heavy atom. The van der Waals surface area contributed by atoms with Crippen LogP contribution in [0.2, 0.25) is 0 Å². The van der Waals surface area contributed by atoms with Gasteiger partial charge in [-0.3, -0.25) is 0 Å². The molecule has 4 aromatic rings. The first-order chi connectivity index (χ1) is 17.8. The summed E-state index contributed by atoms with van der Waals surface area (Å²) in [5.74, 6) is 0.518. The van der Waals surface area contributed by atoms with Gasteiger partial charge in [-0.1, -0.05) is 68.5 Å². The van der Waals surface area contributed by atoms with E-state index >= 15 is 0 Å². The van der Waals surface area contributed by atoms with Crippen LogP contribution in [0.25, 0.3) is 33.5 Å². The molecule has 0 aliphatic heterocycles. The van der Waals surface area contributed by atoms with Gasteiger partial charge in [0.15, 0.2) is 0 Å². The summed E-state index contributed by atoms with van der Waals surface area (Å²) in [5.41, 5.74) is 10.4. The van der Waals surface area contributed by atoms with E-state index < -0.39 is 15.3 Å². The summed E-state index contributed by atoms with van der Waals surface area (Å²) in [6.07, 6.45) is 8.81. The smallest absolute Gasteiger partial charge is 0.244 e. The van der Waals surface area contributed by atoms with Crippen molar-refractivity contribution < 1.29 is 13.5 Å². The number of nitrogens with two attached hydrogens (primary N) is 1. The molecule has 2 aromatic carbocycles. The van der Waals surface area contributed by atoms with Gasteiger partial charge >= 0.3 is 0 Å². The van der Waals surface area contributed by atoms with Crippen LogP contribution in [0.5, 0.6) is 0 Å². The van der Waals surface area contributed by atoms with Gasteiger partial charge in [0.05, 0.1) is 46.6 Å². The Bertz CT molecular complexity index is 1490. The second-order valence-electron chi connectivity index (χ2n) is 10.3. The van der Waals surface area contributed by atoms with E-state index in [2.05, 4.69) is 9.55 Å². The summed E-state index contributed by atoms with van der Waals surface area (Å²) in [7, 11) is -3.72. The molecule has 0 amide bonds. The summed E-state index contributed by atoms with van der Waals surface area (Å²) >= 11 is 0. The van der Waals surface area contributed by atoms with E-state index in [4.69, 9.17) is 10.7 Å². The average Bonchev–Trinajstić information content (AvgIpc) is 3.48. The van der Waals surface area contributed by atoms with Crippen molar-refractivity contribution in [1.82, 2.24) is 18.5 Å². The van der Waals surface area contributed by atoms with Crippen LogP contribution in [0.4, 0.5) is 5.95 Å². The number of hydrogen-bond donors (Lipinski definition) is 2. The maximum atomic E-state index is 13.1. The quantitative estimate of drug-likeness (QED) is 0.328. The van der Waals surface area contributed by atoms with Crippen molar-refractivity contribution in [3.63, 3.8) is 0 Å². The minimum absolute atomic E-state index is 0.00292. The van der Waals surface area contributed by atoms with E-state index in [1.54, 1.807) is 19.9 Å². The van der Waals surface area contributed by atoms with Gasteiger partial charge in [-0.25, -0.2) is 22.4 Å². The number of anilines is 1. The van der Waals surface area contributed by atoms with Crippen molar-refractivity contribution >= 4 is 27.0 Å². The summed E-state index contributed by atoms with van der Waals surface area (Å²) in [5, 5.41) is 9.83. The van der Waals surface area contributed by atoms with Crippen LogP contribution in [-0.2, 0) is 10.0 Å². The Morgan fingerprint density at radius 2 is 1.78 bits per heavy atom. The van der Waals surface area contributed by atoms with Gasteiger partial charge in [0.2, 0.25) is 16.0 Å². The van der Waals surface area contributed by atoms with Crippen LogP contribution in [0.1, 0.15) is 58.4 Å².